The summed E-state index contributed by atoms with van der Waals surface area (Å²) in [6.45, 7) is 7.58. The summed E-state index contributed by atoms with van der Waals surface area (Å²) >= 11 is 0. The van der Waals surface area contributed by atoms with Crippen molar-refractivity contribution in [2.45, 2.75) is 45.2 Å². The van der Waals surface area contributed by atoms with Crippen LogP contribution < -0.4 is 10.6 Å². The van der Waals surface area contributed by atoms with Gasteiger partial charge in [0.2, 0.25) is 0 Å². The lowest BCUT2D eigenvalue weighted by molar-refractivity contribution is 0.167. The van der Waals surface area contributed by atoms with E-state index < -0.39 is 0 Å². The fourth-order valence-electron chi connectivity index (χ4n) is 3.63. The van der Waals surface area contributed by atoms with E-state index in [1.807, 2.05) is 19.3 Å². The van der Waals surface area contributed by atoms with Gasteiger partial charge in [0.05, 0.1) is 0 Å². The first-order valence-electron chi connectivity index (χ1n) is 9.53. The minimum absolute atomic E-state index is 0.211. The summed E-state index contributed by atoms with van der Waals surface area (Å²) in [5, 5.41) is 8.03. The molecule has 0 amide bonds. The number of H-pyrrole nitrogens is 1. The molecule has 0 spiro atoms. The largest absolute Gasteiger partial charge is 0.361 e. The Morgan fingerprint density at radius 3 is 2.81 bits per heavy atom. The van der Waals surface area contributed by atoms with E-state index in [1.165, 1.54) is 17.7 Å². The summed E-state index contributed by atoms with van der Waals surface area (Å²) in [4.78, 5) is 10.0. The van der Waals surface area contributed by atoms with Crippen molar-refractivity contribution in [3.05, 3.63) is 35.8 Å². The predicted molar refractivity (Wildman–Crippen MR) is 106 cm³/mol. The van der Waals surface area contributed by atoms with Crippen molar-refractivity contribution >= 4 is 16.9 Å². The van der Waals surface area contributed by atoms with Crippen molar-refractivity contribution in [1.29, 1.82) is 0 Å². The van der Waals surface area contributed by atoms with Crippen molar-refractivity contribution in [3.63, 3.8) is 0 Å². The predicted octanol–water partition coefficient (Wildman–Crippen LogP) is 2.89. The highest BCUT2D eigenvalue weighted by atomic mass is 19.1. The number of aromatic nitrogens is 1. The number of rotatable bonds is 5. The van der Waals surface area contributed by atoms with Crippen LogP contribution in [0.1, 0.15) is 32.3 Å². The van der Waals surface area contributed by atoms with Gasteiger partial charge in [0, 0.05) is 55.9 Å². The van der Waals surface area contributed by atoms with Gasteiger partial charge in [0.15, 0.2) is 5.96 Å². The number of likely N-dealkylation sites (tertiary alicyclic amines) is 1. The number of fused-ring (bicyclic) bond motifs is 1. The van der Waals surface area contributed by atoms with E-state index in [0.717, 1.165) is 55.8 Å². The molecule has 2 aromatic rings. The second kappa shape index (κ2) is 8.54. The molecule has 3 rings (SSSR count). The lowest BCUT2D eigenvalue weighted by Gasteiger charge is -2.35. The third-order valence-electron chi connectivity index (χ3n) is 5.24. The van der Waals surface area contributed by atoms with Crippen molar-refractivity contribution < 1.29 is 4.39 Å². The molecule has 6 heteroatoms. The second-order valence-electron chi connectivity index (χ2n) is 7.30. The van der Waals surface area contributed by atoms with Gasteiger partial charge in [-0.2, -0.15) is 0 Å². The molecule has 0 atom stereocenters. The zero-order chi connectivity index (χ0) is 18.5. The van der Waals surface area contributed by atoms with Crippen LogP contribution in [0.5, 0.6) is 0 Å². The van der Waals surface area contributed by atoms with Gasteiger partial charge in [-0.15, -0.1) is 0 Å². The van der Waals surface area contributed by atoms with Crippen LogP contribution in [0, 0.1) is 5.82 Å². The first-order chi connectivity index (χ1) is 12.6. The highest BCUT2D eigenvalue weighted by Gasteiger charge is 2.21. The van der Waals surface area contributed by atoms with Crippen molar-refractivity contribution in [2.75, 3.05) is 26.7 Å². The van der Waals surface area contributed by atoms with Gasteiger partial charge >= 0.3 is 0 Å². The van der Waals surface area contributed by atoms with Gasteiger partial charge in [-0.05, 0) is 56.9 Å². The van der Waals surface area contributed by atoms with Gasteiger partial charge in [-0.1, -0.05) is 0 Å². The number of nitrogens with zero attached hydrogens (tertiary/aromatic N) is 2. The Labute approximate surface area is 155 Å². The van der Waals surface area contributed by atoms with Crippen molar-refractivity contribution in [2.24, 2.45) is 4.99 Å². The summed E-state index contributed by atoms with van der Waals surface area (Å²) < 4.78 is 13.3. The standard InChI is InChI=1S/C20H30FN5/c1-14(2)26-10-7-17(8-11-26)25-20(22-3)23-9-6-15-13-24-19-12-16(21)4-5-18(15)19/h4-5,12-14,17,24H,6-11H2,1-3H3,(H2,22,23,25). The highest BCUT2D eigenvalue weighted by Crippen LogP contribution is 2.19. The molecule has 0 unspecified atom stereocenters. The molecule has 1 saturated heterocycles. The van der Waals surface area contributed by atoms with Crippen LogP contribution >= 0.6 is 0 Å². The normalized spacial score (nSPS) is 17.2. The van der Waals surface area contributed by atoms with E-state index in [1.54, 1.807) is 0 Å². The van der Waals surface area contributed by atoms with Crippen LogP contribution in [0.4, 0.5) is 4.39 Å². The van der Waals surface area contributed by atoms with Crippen LogP contribution in [0.15, 0.2) is 29.4 Å². The SMILES string of the molecule is CN=C(NCCc1c[nH]c2cc(F)ccc12)NC1CCN(C(C)C)CC1. The molecule has 2 heterocycles. The Morgan fingerprint density at radius 1 is 1.35 bits per heavy atom. The smallest absolute Gasteiger partial charge is 0.191 e. The van der Waals surface area contributed by atoms with Crippen LogP contribution in [0.2, 0.25) is 0 Å². The molecule has 3 N–H and O–H groups in total. The summed E-state index contributed by atoms with van der Waals surface area (Å²) in [5.41, 5.74) is 2.03. The molecule has 142 valence electrons. The first kappa shape index (κ1) is 18.7. The number of hydrogen-bond acceptors (Lipinski definition) is 2. The number of hydrogen-bond donors (Lipinski definition) is 3. The Balaban J connectivity index is 1.47. The monoisotopic (exact) mass is 359 g/mol. The van der Waals surface area contributed by atoms with Gasteiger partial charge in [0.25, 0.3) is 0 Å². The first-order valence-corrected chi connectivity index (χ1v) is 9.53. The maximum atomic E-state index is 13.3. The zero-order valence-corrected chi connectivity index (χ0v) is 16.0. The summed E-state index contributed by atoms with van der Waals surface area (Å²) in [7, 11) is 1.81. The van der Waals surface area contributed by atoms with E-state index in [2.05, 4.69) is 39.4 Å². The molecular formula is C20H30FN5. The van der Waals surface area contributed by atoms with Gasteiger partial charge in [-0.3, -0.25) is 4.99 Å². The number of halogens is 1. The summed E-state index contributed by atoms with van der Waals surface area (Å²) in [6, 6.07) is 5.99. The number of benzene rings is 1. The van der Waals surface area contributed by atoms with Crippen LogP contribution in [-0.2, 0) is 6.42 Å². The highest BCUT2D eigenvalue weighted by molar-refractivity contribution is 5.83. The molecule has 26 heavy (non-hydrogen) atoms. The molecular weight excluding hydrogens is 329 g/mol. The molecule has 1 aliphatic rings. The summed E-state index contributed by atoms with van der Waals surface area (Å²) in [6.07, 6.45) is 5.11. The van der Waals surface area contributed by atoms with E-state index in [4.69, 9.17) is 0 Å². The van der Waals surface area contributed by atoms with Crippen LogP contribution in [0.25, 0.3) is 10.9 Å². The summed E-state index contributed by atoms with van der Waals surface area (Å²) in [5.74, 6) is 0.649. The molecule has 5 nitrogen and oxygen atoms in total. The number of guanidine groups is 1. The molecule has 0 saturated carbocycles. The third kappa shape index (κ3) is 4.55. The maximum Gasteiger partial charge on any atom is 0.191 e. The van der Waals surface area contributed by atoms with E-state index in [0.29, 0.717) is 12.1 Å². The van der Waals surface area contributed by atoms with Gasteiger partial charge in [0.1, 0.15) is 5.82 Å². The number of piperidine rings is 1. The van der Waals surface area contributed by atoms with Gasteiger partial charge in [-0.25, -0.2) is 4.39 Å². The molecule has 0 radical (unpaired) electrons. The second-order valence-corrected chi connectivity index (χ2v) is 7.30. The molecule has 1 fully saturated rings. The van der Waals surface area contributed by atoms with E-state index in [-0.39, 0.29) is 5.82 Å². The van der Waals surface area contributed by atoms with E-state index in [9.17, 15) is 4.39 Å². The lowest BCUT2D eigenvalue weighted by atomic mass is 10.0. The zero-order valence-electron chi connectivity index (χ0n) is 16.0. The Morgan fingerprint density at radius 2 is 2.12 bits per heavy atom. The maximum absolute atomic E-state index is 13.3. The Bertz CT molecular complexity index is 744. The number of aromatic amines is 1. The average Bonchev–Trinajstić information content (AvgIpc) is 3.03. The fourth-order valence-corrected chi connectivity index (χ4v) is 3.63. The lowest BCUT2D eigenvalue weighted by Crippen LogP contribution is -2.50. The molecule has 1 aromatic carbocycles. The number of aliphatic imine (C=N–C) groups is 1. The molecule has 0 bridgehead atoms. The van der Waals surface area contributed by atoms with Crippen LogP contribution in [-0.4, -0.2) is 54.6 Å². The van der Waals surface area contributed by atoms with E-state index >= 15 is 0 Å². The minimum atomic E-state index is -0.211. The van der Waals surface area contributed by atoms with Crippen molar-refractivity contribution in [1.82, 2.24) is 20.5 Å². The Kier molecular flexibility index (Phi) is 6.14. The quantitative estimate of drug-likeness (QED) is 0.568. The van der Waals surface area contributed by atoms with Gasteiger partial charge < -0.3 is 20.5 Å². The average molecular weight is 359 g/mol. The fraction of sp³-hybridized carbons (Fsp3) is 0.550. The van der Waals surface area contributed by atoms with Crippen molar-refractivity contribution in [3.8, 4) is 0 Å². The topological polar surface area (TPSA) is 55.5 Å². The molecule has 1 aliphatic heterocycles. The molecule has 0 aliphatic carbocycles. The Hall–Kier alpha value is -2.08. The number of nitrogens with one attached hydrogen (secondary N) is 3. The third-order valence-corrected chi connectivity index (χ3v) is 5.24. The van der Waals surface area contributed by atoms with Crippen LogP contribution in [0.3, 0.4) is 0 Å². The minimum Gasteiger partial charge on any atom is -0.361 e. The molecule has 1 aromatic heterocycles.